The number of anilines is 1. The van der Waals surface area contributed by atoms with Gasteiger partial charge in [0.1, 0.15) is 0 Å². The maximum atomic E-state index is 13.4. The lowest BCUT2D eigenvalue weighted by Crippen LogP contribution is -2.47. The van der Waals surface area contributed by atoms with Crippen LogP contribution in [0.2, 0.25) is 0 Å². The Kier molecular flexibility index (Phi) is 5.51. The zero-order chi connectivity index (χ0) is 21.5. The molecule has 2 aliphatic heterocycles. The Morgan fingerprint density at radius 1 is 1.00 bits per heavy atom. The van der Waals surface area contributed by atoms with Crippen molar-refractivity contribution in [3.63, 3.8) is 0 Å². The molecule has 1 amide bonds. The van der Waals surface area contributed by atoms with Crippen LogP contribution in [0, 0.1) is 20.8 Å². The zero-order valence-corrected chi connectivity index (χ0v) is 18.1. The second-order valence-corrected chi connectivity index (χ2v) is 8.78. The van der Waals surface area contributed by atoms with Crippen molar-refractivity contribution >= 4 is 17.4 Å². The SMILES string of the molecule is Cc1cc(C)c(C(=O)CC2(O)C(=O)N(CN3CCCCC3)c3ccccc32)cc1C. The third kappa shape index (κ3) is 3.57. The topological polar surface area (TPSA) is 60.9 Å². The summed E-state index contributed by atoms with van der Waals surface area (Å²) in [7, 11) is 0. The number of aliphatic hydroxyl groups is 1. The maximum absolute atomic E-state index is 13.4. The van der Waals surface area contributed by atoms with Crippen LogP contribution in [0.1, 0.15) is 58.3 Å². The van der Waals surface area contributed by atoms with E-state index in [1.165, 1.54) is 6.42 Å². The van der Waals surface area contributed by atoms with Crippen molar-refractivity contribution in [3.8, 4) is 0 Å². The van der Waals surface area contributed by atoms with Crippen LogP contribution < -0.4 is 4.90 Å². The number of carbonyl (C=O) groups is 2. The number of amides is 1. The molecule has 158 valence electrons. The lowest BCUT2D eigenvalue weighted by molar-refractivity contribution is -0.136. The second kappa shape index (κ2) is 7.97. The van der Waals surface area contributed by atoms with E-state index < -0.39 is 11.5 Å². The molecule has 0 bridgehead atoms. The number of likely N-dealkylation sites (tertiary alicyclic amines) is 1. The van der Waals surface area contributed by atoms with Gasteiger partial charge in [0.25, 0.3) is 5.91 Å². The van der Waals surface area contributed by atoms with Gasteiger partial charge in [0, 0.05) is 11.1 Å². The van der Waals surface area contributed by atoms with E-state index in [-0.39, 0.29) is 12.2 Å². The summed E-state index contributed by atoms with van der Waals surface area (Å²) in [6, 6.07) is 11.2. The van der Waals surface area contributed by atoms with Crippen molar-refractivity contribution in [3.05, 3.63) is 64.2 Å². The molecule has 2 aromatic rings. The normalized spacial score (nSPS) is 21.7. The molecule has 1 N–H and O–H groups in total. The van der Waals surface area contributed by atoms with Gasteiger partial charge in [-0.1, -0.05) is 30.7 Å². The fourth-order valence-electron chi connectivity index (χ4n) is 4.71. The first-order valence-electron chi connectivity index (χ1n) is 10.8. The van der Waals surface area contributed by atoms with Gasteiger partial charge in [-0.05, 0) is 75.5 Å². The van der Waals surface area contributed by atoms with E-state index in [0.29, 0.717) is 23.5 Å². The van der Waals surface area contributed by atoms with Gasteiger partial charge in [0.15, 0.2) is 11.4 Å². The van der Waals surface area contributed by atoms with Gasteiger partial charge in [-0.2, -0.15) is 0 Å². The molecule has 2 heterocycles. The molecule has 1 saturated heterocycles. The van der Waals surface area contributed by atoms with Crippen LogP contribution in [0.5, 0.6) is 0 Å². The standard InChI is InChI=1S/C25H30N2O3/c1-17-13-19(3)20(14-18(17)2)23(28)15-25(30)21-9-5-6-10-22(21)27(24(25)29)16-26-11-7-4-8-12-26/h5-6,9-10,13-14,30H,4,7-8,11-12,15-16H2,1-3H3. The number of nitrogens with zero attached hydrogens (tertiary/aromatic N) is 2. The molecule has 0 aliphatic carbocycles. The molecule has 1 fully saturated rings. The quantitative estimate of drug-likeness (QED) is 0.766. The van der Waals surface area contributed by atoms with Crippen molar-refractivity contribution < 1.29 is 14.7 Å². The second-order valence-electron chi connectivity index (χ2n) is 8.78. The Balaban J connectivity index is 1.64. The third-order valence-electron chi connectivity index (χ3n) is 6.59. The molecular weight excluding hydrogens is 376 g/mol. The summed E-state index contributed by atoms with van der Waals surface area (Å²) in [5, 5.41) is 11.5. The highest BCUT2D eigenvalue weighted by molar-refractivity contribution is 6.11. The minimum atomic E-state index is -1.82. The fourth-order valence-corrected chi connectivity index (χ4v) is 4.71. The van der Waals surface area contributed by atoms with Crippen LogP contribution in [0.15, 0.2) is 36.4 Å². The molecule has 1 atom stereocenters. The van der Waals surface area contributed by atoms with E-state index in [0.717, 1.165) is 42.6 Å². The maximum Gasteiger partial charge on any atom is 0.265 e. The van der Waals surface area contributed by atoms with Crippen LogP contribution in [-0.2, 0) is 10.4 Å². The highest BCUT2D eigenvalue weighted by Gasteiger charge is 2.51. The summed E-state index contributed by atoms with van der Waals surface area (Å²) in [5.41, 5.74) is 3.01. The number of rotatable bonds is 5. The Morgan fingerprint density at radius 2 is 1.67 bits per heavy atom. The molecule has 30 heavy (non-hydrogen) atoms. The first-order valence-corrected chi connectivity index (χ1v) is 10.8. The highest BCUT2D eigenvalue weighted by Crippen LogP contribution is 2.43. The van der Waals surface area contributed by atoms with E-state index in [1.807, 2.05) is 51.1 Å². The zero-order valence-electron chi connectivity index (χ0n) is 18.1. The smallest absolute Gasteiger partial charge is 0.265 e. The largest absolute Gasteiger partial charge is 0.375 e. The van der Waals surface area contributed by atoms with Gasteiger partial charge in [-0.3, -0.25) is 19.4 Å². The molecule has 0 saturated carbocycles. The number of hydrogen-bond donors (Lipinski definition) is 1. The molecule has 1 unspecified atom stereocenters. The fraction of sp³-hybridized carbons (Fsp3) is 0.440. The minimum absolute atomic E-state index is 0.207. The highest BCUT2D eigenvalue weighted by atomic mass is 16.3. The van der Waals surface area contributed by atoms with E-state index in [2.05, 4.69) is 4.90 Å². The van der Waals surface area contributed by atoms with E-state index in [4.69, 9.17) is 0 Å². The van der Waals surface area contributed by atoms with Crippen molar-refractivity contribution in [1.82, 2.24) is 4.90 Å². The molecule has 2 aromatic carbocycles. The number of carbonyl (C=O) groups excluding carboxylic acids is 2. The number of benzene rings is 2. The molecule has 5 nitrogen and oxygen atoms in total. The average molecular weight is 407 g/mol. The first-order chi connectivity index (χ1) is 14.3. The Labute approximate surface area is 178 Å². The number of aryl methyl sites for hydroxylation is 3. The number of hydrogen-bond acceptors (Lipinski definition) is 4. The van der Waals surface area contributed by atoms with Gasteiger partial charge < -0.3 is 5.11 Å². The minimum Gasteiger partial charge on any atom is -0.375 e. The van der Waals surface area contributed by atoms with Crippen LogP contribution in [-0.4, -0.2) is 41.5 Å². The van der Waals surface area contributed by atoms with Crippen LogP contribution in [0.25, 0.3) is 0 Å². The summed E-state index contributed by atoms with van der Waals surface area (Å²) < 4.78 is 0. The van der Waals surface area contributed by atoms with Gasteiger partial charge in [-0.25, -0.2) is 0 Å². The molecule has 0 radical (unpaired) electrons. The molecule has 4 rings (SSSR count). The number of para-hydroxylation sites is 1. The first kappa shape index (κ1) is 20.8. The monoisotopic (exact) mass is 406 g/mol. The number of ketones is 1. The number of Topliss-reactive ketones (excluding diaryl/α,β-unsaturated/α-hetero) is 1. The van der Waals surface area contributed by atoms with Crippen molar-refractivity contribution in [2.24, 2.45) is 0 Å². The summed E-state index contributed by atoms with van der Waals surface area (Å²) >= 11 is 0. The van der Waals surface area contributed by atoms with Crippen molar-refractivity contribution in [1.29, 1.82) is 0 Å². The van der Waals surface area contributed by atoms with Crippen molar-refractivity contribution in [2.75, 3.05) is 24.7 Å². The summed E-state index contributed by atoms with van der Waals surface area (Å²) in [6.45, 7) is 8.23. The summed E-state index contributed by atoms with van der Waals surface area (Å²) in [4.78, 5) is 30.5. The average Bonchev–Trinajstić information content (AvgIpc) is 2.93. The molecule has 0 spiro atoms. The van der Waals surface area contributed by atoms with Gasteiger partial charge in [-0.15, -0.1) is 0 Å². The Bertz CT molecular complexity index is 994. The molecular formula is C25H30N2O3. The summed E-state index contributed by atoms with van der Waals surface area (Å²) in [6.07, 6.45) is 3.22. The Hall–Kier alpha value is -2.50. The molecule has 5 heteroatoms. The Morgan fingerprint density at radius 3 is 2.40 bits per heavy atom. The number of fused-ring (bicyclic) bond motifs is 1. The van der Waals surface area contributed by atoms with Crippen LogP contribution in [0.3, 0.4) is 0 Å². The van der Waals surface area contributed by atoms with E-state index >= 15 is 0 Å². The predicted octanol–water partition coefficient (Wildman–Crippen LogP) is 3.86. The lowest BCUT2D eigenvalue weighted by atomic mass is 9.86. The van der Waals surface area contributed by atoms with Crippen LogP contribution >= 0.6 is 0 Å². The molecule has 0 aromatic heterocycles. The van der Waals surface area contributed by atoms with Crippen LogP contribution in [0.4, 0.5) is 5.69 Å². The van der Waals surface area contributed by atoms with Gasteiger partial charge in [0.05, 0.1) is 18.8 Å². The van der Waals surface area contributed by atoms with Gasteiger partial charge in [0.2, 0.25) is 0 Å². The van der Waals surface area contributed by atoms with Crippen molar-refractivity contribution in [2.45, 2.75) is 52.1 Å². The van der Waals surface area contributed by atoms with E-state index in [9.17, 15) is 14.7 Å². The van der Waals surface area contributed by atoms with Gasteiger partial charge >= 0.3 is 0 Å². The predicted molar refractivity (Wildman–Crippen MR) is 118 cm³/mol. The molecule has 2 aliphatic rings. The van der Waals surface area contributed by atoms with E-state index in [1.54, 1.807) is 11.0 Å². The number of piperidine rings is 1. The lowest BCUT2D eigenvalue weighted by Gasteiger charge is -2.31. The third-order valence-corrected chi connectivity index (χ3v) is 6.59. The summed E-state index contributed by atoms with van der Waals surface area (Å²) in [5.74, 6) is -0.606.